The van der Waals surface area contributed by atoms with Crippen molar-refractivity contribution >= 4 is 5.78 Å². The van der Waals surface area contributed by atoms with Crippen LogP contribution < -0.4 is 5.32 Å². The van der Waals surface area contributed by atoms with E-state index in [1.165, 1.54) is 5.56 Å². The molecule has 1 fully saturated rings. The van der Waals surface area contributed by atoms with Gasteiger partial charge in [0.2, 0.25) is 0 Å². The van der Waals surface area contributed by atoms with Gasteiger partial charge in [0, 0.05) is 18.0 Å². The summed E-state index contributed by atoms with van der Waals surface area (Å²) in [6, 6.07) is 13.0. The number of carbonyl (C=O) groups is 1. The number of benzene rings is 1. The Kier molecular flexibility index (Phi) is 4.36. The Morgan fingerprint density at radius 1 is 1.21 bits per heavy atom. The van der Waals surface area contributed by atoms with Crippen molar-refractivity contribution in [3.05, 3.63) is 47.5 Å². The Labute approximate surface area is 144 Å². The number of allylic oxidation sites excluding steroid dienone is 2. The Bertz CT molecular complexity index is 698. The first-order chi connectivity index (χ1) is 11.4. The van der Waals surface area contributed by atoms with Crippen molar-refractivity contribution in [2.45, 2.75) is 52.6 Å². The van der Waals surface area contributed by atoms with Crippen molar-refractivity contribution in [2.75, 3.05) is 0 Å². The number of ketones is 1. The monoisotopic (exact) mass is 322 g/mol. The topological polar surface area (TPSA) is 52.9 Å². The molecule has 2 aliphatic carbocycles. The van der Waals surface area contributed by atoms with E-state index in [2.05, 4.69) is 42.6 Å². The molecule has 0 bridgehead atoms. The summed E-state index contributed by atoms with van der Waals surface area (Å²) in [5.41, 5.74) is 1.10. The Morgan fingerprint density at radius 3 is 2.58 bits per heavy atom. The standard InChI is InChI=1S/C21H26N2O/c1-20(2)18-10-9-17(23-14-15-7-5-4-6-8-15)12-21(18,3)11-16(13-22)19(20)24/h4-8,11,17-18,23H,9-10,12,14H2,1-3H3/t17?,18-,21?/m0/s1. The molecule has 24 heavy (non-hydrogen) atoms. The minimum Gasteiger partial charge on any atom is -0.310 e. The van der Waals surface area contributed by atoms with Gasteiger partial charge in [0.1, 0.15) is 6.07 Å². The number of fused-ring (bicyclic) bond motifs is 1. The Balaban J connectivity index is 1.77. The lowest BCUT2D eigenvalue weighted by Gasteiger charge is -2.52. The molecule has 2 aliphatic rings. The van der Waals surface area contributed by atoms with E-state index >= 15 is 0 Å². The second-order valence-corrected chi connectivity index (χ2v) is 8.12. The third-order valence-electron chi connectivity index (χ3n) is 6.02. The number of nitriles is 1. The van der Waals surface area contributed by atoms with E-state index in [0.717, 1.165) is 25.8 Å². The van der Waals surface area contributed by atoms with Crippen LogP contribution in [0.5, 0.6) is 0 Å². The van der Waals surface area contributed by atoms with Crippen molar-refractivity contribution < 1.29 is 4.79 Å². The van der Waals surface area contributed by atoms with Crippen LogP contribution in [0.2, 0.25) is 0 Å². The Morgan fingerprint density at radius 2 is 1.92 bits per heavy atom. The van der Waals surface area contributed by atoms with Crippen LogP contribution in [0.15, 0.2) is 42.0 Å². The second kappa shape index (κ2) is 6.18. The van der Waals surface area contributed by atoms with E-state index in [0.29, 0.717) is 17.5 Å². The molecule has 3 heteroatoms. The van der Waals surface area contributed by atoms with Gasteiger partial charge in [0.15, 0.2) is 5.78 Å². The summed E-state index contributed by atoms with van der Waals surface area (Å²) in [5, 5.41) is 13.0. The molecule has 0 saturated heterocycles. The summed E-state index contributed by atoms with van der Waals surface area (Å²) >= 11 is 0. The van der Waals surface area contributed by atoms with E-state index in [9.17, 15) is 10.1 Å². The van der Waals surface area contributed by atoms with Gasteiger partial charge in [-0.05, 0) is 36.2 Å². The van der Waals surface area contributed by atoms with Gasteiger partial charge in [-0.25, -0.2) is 0 Å². The molecule has 0 radical (unpaired) electrons. The van der Waals surface area contributed by atoms with E-state index in [1.807, 2.05) is 26.0 Å². The summed E-state index contributed by atoms with van der Waals surface area (Å²) in [4.78, 5) is 12.6. The maximum atomic E-state index is 12.6. The van der Waals surface area contributed by atoms with E-state index < -0.39 is 5.41 Å². The van der Waals surface area contributed by atoms with E-state index in [1.54, 1.807) is 0 Å². The molecule has 0 amide bonds. The van der Waals surface area contributed by atoms with Crippen molar-refractivity contribution in [3.8, 4) is 6.07 Å². The molecule has 1 N–H and O–H groups in total. The number of Topliss-reactive ketones (excluding diaryl/α,β-unsaturated/α-hetero) is 1. The van der Waals surface area contributed by atoms with Crippen molar-refractivity contribution in [2.24, 2.45) is 16.7 Å². The molecule has 0 spiro atoms. The first-order valence-electron chi connectivity index (χ1n) is 8.82. The van der Waals surface area contributed by atoms with Crippen molar-refractivity contribution in [1.29, 1.82) is 5.26 Å². The normalized spacial score (nSPS) is 31.8. The van der Waals surface area contributed by atoms with E-state index in [-0.39, 0.29) is 11.2 Å². The molecule has 1 aromatic carbocycles. The zero-order chi connectivity index (χ0) is 17.4. The maximum absolute atomic E-state index is 12.6. The molecule has 0 heterocycles. The smallest absolute Gasteiger partial charge is 0.178 e. The van der Waals surface area contributed by atoms with Crippen LogP contribution in [-0.2, 0) is 11.3 Å². The highest BCUT2D eigenvalue weighted by molar-refractivity contribution is 6.04. The SMILES string of the molecule is CC12C=C(C#N)C(=O)C(C)(C)[C@@H]1CCC(NCc1ccccc1)C2. The molecule has 126 valence electrons. The van der Waals surface area contributed by atoms with Crippen LogP contribution in [0.1, 0.15) is 45.6 Å². The minimum atomic E-state index is -0.445. The van der Waals surface area contributed by atoms with Gasteiger partial charge in [0.25, 0.3) is 0 Å². The zero-order valence-corrected chi connectivity index (χ0v) is 14.8. The summed E-state index contributed by atoms with van der Waals surface area (Å²) in [6.45, 7) is 7.11. The number of rotatable bonds is 3. The maximum Gasteiger partial charge on any atom is 0.178 e. The van der Waals surface area contributed by atoms with Gasteiger partial charge in [-0.2, -0.15) is 5.26 Å². The molecule has 1 saturated carbocycles. The zero-order valence-electron chi connectivity index (χ0n) is 14.8. The third kappa shape index (κ3) is 2.91. The fourth-order valence-electron chi connectivity index (χ4n) is 4.83. The summed E-state index contributed by atoms with van der Waals surface area (Å²) < 4.78 is 0. The molecule has 3 atom stereocenters. The summed E-state index contributed by atoms with van der Waals surface area (Å²) in [5.74, 6) is 0.326. The largest absolute Gasteiger partial charge is 0.310 e. The van der Waals surface area contributed by atoms with Crippen LogP contribution in [0, 0.1) is 28.1 Å². The Hall–Kier alpha value is -1.92. The molecule has 1 aromatic rings. The molecular formula is C21H26N2O. The first-order valence-corrected chi connectivity index (χ1v) is 8.82. The number of nitrogens with one attached hydrogen (secondary N) is 1. The van der Waals surface area contributed by atoms with E-state index in [4.69, 9.17) is 0 Å². The van der Waals surface area contributed by atoms with Gasteiger partial charge in [-0.3, -0.25) is 4.79 Å². The lowest BCUT2D eigenvalue weighted by Crippen LogP contribution is -2.52. The summed E-state index contributed by atoms with van der Waals surface area (Å²) in [6.07, 6.45) is 5.05. The van der Waals surface area contributed by atoms with Crippen molar-refractivity contribution in [1.82, 2.24) is 5.32 Å². The van der Waals surface area contributed by atoms with Crippen LogP contribution in [0.25, 0.3) is 0 Å². The molecule has 0 aromatic heterocycles. The number of hydrogen-bond donors (Lipinski definition) is 1. The average Bonchev–Trinajstić information content (AvgIpc) is 2.57. The first kappa shape index (κ1) is 16.9. The number of carbonyl (C=O) groups excluding carboxylic acids is 1. The quantitative estimate of drug-likeness (QED) is 0.915. The van der Waals surface area contributed by atoms with Crippen molar-refractivity contribution in [3.63, 3.8) is 0 Å². The van der Waals surface area contributed by atoms with Crippen LogP contribution in [0.3, 0.4) is 0 Å². The van der Waals surface area contributed by atoms with Gasteiger partial charge in [-0.1, -0.05) is 57.2 Å². The van der Waals surface area contributed by atoms with Gasteiger partial charge >= 0.3 is 0 Å². The van der Waals surface area contributed by atoms with Gasteiger partial charge < -0.3 is 5.32 Å². The van der Waals surface area contributed by atoms with Crippen LogP contribution >= 0.6 is 0 Å². The molecule has 0 aliphatic heterocycles. The minimum absolute atomic E-state index is 0.0168. The lowest BCUT2D eigenvalue weighted by molar-refractivity contribution is -0.131. The number of nitrogens with zero attached hydrogens (tertiary/aromatic N) is 1. The molecule has 3 nitrogen and oxygen atoms in total. The fraction of sp³-hybridized carbons (Fsp3) is 0.524. The molecular weight excluding hydrogens is 296 g/mol. The highest BCUT2D eigenvalue weighted by Gasteiger charge is 2.53. The van der Waals surface area contributed by atoms with Crippen LogP contribution in [0.4, 0.5) is 0 Å². The highest BCUT2D eigenvalue weighted by atomic mass is 16.1. The average molecular weight is 322 g/mol. The third-order valence-corrected chi connectivity index (χ3v) is 6.02. The highest BCUT2D eigenvalue weighted by Crippen LogP contribution is 2.55. The number of hydrogen-bond acceptors (Lipinski definition) is 3. The predicted octanol–water partition coefficient (Wildman–Crippen LogP) is 4.01. The summed E-state index contributed by atoms with van der Waals surface area (Å²) in [7, 11) is 0. The lowest BCUT2D eigenvalue weighted by atomic mass is 9.52. The predicted molar refractivity (Wildman–Crippen MR) is 95.0 cm³/mol. The second-order valence-electron chi connectivity index (χ2n) is 8.12. The van der Waals surface area contributed by atoms with Gasteiger partial charge in [0.05, 0.1) is 5.57 Å². The van der Waals surface area contributed by atoms with Crippen LogP contribution in [-0.4, -0.2) is 11.8 Å². The molecule has 2 unspecified atom stereocenters. The fourth-order valence-corrected chi connectivity index (χ4v) is 4.83. The molecule has 3 rings (SSSR count). The van der Waals surface area contributed by atoms with Gasteiger partial charge in [-0.15, -0.1) is 0 Å².